The van der Waals surface area contributed by atoms with E-state index in [1.807, 2.05) is 30.3 Å². The van der Waals surface area contributed by atoms with E-state index in [1.165, 1.54) is 12.6 Å². The van der Waals surface area contributed by atoms with Crippen LogP contribution >= 0.6 is 11.6 Å². The lowest BCUT2D eigenvalue weighted by atomic mass is 9.81. The third kappa shape index (κ3) is 4.77. The van der Waals surface area contributed by atoms with Gasteiger partial charge in [0.2, 0.25) is 0 Å². The summed E-state index contributed by atoms with van der Waals surface area (Å²) in [5.74, 6) is -0.304. The Morgan fingerprint density at radius 2 is 1.75 bits per heavy atom. The average Bonchev–Trinajstić information content (AvgIpc) is 3.68. The summed E-state index contributed by atoms with van der Waals surface area (Å²) in [7, 11) is 0. The van der Waals surface area contributed by atoms with Crippen molar-refractivity contribution < 1.29 is 9.59 Å². The van der Waals surface area contributed by atoms with Crippen molar-refractivity contribution in [1.29, 1.82) is 0 Å². The van der Waals surface area contributed by atoms with Gasteiger partial charge in [0, 0.05) is 46.5 Å². The zero-order valence-electron chi connectivity index (χ0n) is 24.3. The number of hydrogen-bond acceptors (Lipinski definition) is 5. The predicted molar refractivity (Wildman–Crippen MR) is 170 cm³/mol. The first kappa shape index (κ1) is 27.7. The summed E-state index contributed by atoms with van der Waals surface area (Å²) in [6.07, 6.45) is 6.36. The molecule has 0 radical (unpaired) electrons. The second kappa shape index (κ2) is 10.9. The number of rotatable bonds is 6. The summed E-state index contributed by atoms with van der Waals surface area (Å²) in [6.45, 7) is 4.15. The highest BCUT2D eigenvalue weighted by molar-refractivity contribution is 6.34. The van der Waals surface area contributed by atoms with Gasteiger partial charge in [-0.3, -0.25) is 19.1 Å². The van der Waals surface area contributed by atoms with E-state index in [0.717, 1.165) is 38.8 Å². The van der Waals surface area contributed by atoms with Crippen LogP contribution in [0.5, 0.6) is 0 Å². The van der Waals surface area contributed by atoms with Crippen molar-refractivity contribution in [2.75, 3.05) is 0 Å². The van der Waals surface area contributed by atoms with Crippen molar-refractivity contribution >= 4 is 34.2 Å². The van der Waals surface area contributed by atoms with Crippen molar-refractivity contribution in [1.82, 2.24) is 29.6 Å². The van der Waals surface area contributed by atoms with E-state index >= 15 is 0 Å². The van der Waals surface area contributed by atoms with Crippen LogP contribution in [0, 0.1) is 6.92 Å². The molecular formula is C35H29ClN6O2. The molecule has 9 heteroatoms. The number of benzene rings is 3. The van der Waals surface area contributed by atoms with Gasteiger partial charge >= 0.3 is 0 Å². The molecule has 1 aliphatic rings. The molecule has 0 bridgehead atoms. The Morgan fingerprint density at radius 1 is 0.955 bits per heavy atom. The molecule has 3 aromatic carbocycles. The fourth-order valence-electron chi connectivity index (χ4n) is 6.35. The number of carbonyl (C=O) groups is 2. The smallest absolute Gasteiger partial charge is 0.253 e. The molecule has 4 heterocycles. The standard InChI is InChI=1S/C35H29ClN6O2/c1-22-8-13-31-28(16-22)33(24-9-12-30(23(2)43)37-18-24)32-14-15-35(19-42(31)32,25-6-4-3-5-7-25)40-34(44)27-11-10-26(17-29(27)36)41-20-38-39-21-41/h3-13,16-18,20-21H,14-15,19H2,1-2H3,(H,40,44)/t35-/m1/s1. The van der Waals surface area contributed by atoms with E-state index in [1.54, 1.807) is 41.6 Å². The molecule has 1 N–H and O–H groups in total. The molecule has 7 rings (SSSR count). The molecule has 218 valence electrons. The molecule has 0 unspecified atom stereocenters. The second-order valence-corrected chi connectivity index (χ2v) is 11.8. The molecule has 3 aromatic heterocycles. The van der Waals surface area contributed by atoms with Gasteiger partial charge < -0.3 is 9.88 Å². The Kier molecular flexibility index (Phi) is 6.86. The number of carbonyl (C=O) groups excluding carboxylic acids is 2. The van der Waals surface area contributed by atoms with Crippen LogP contribution < -0.4 is 5.32 Å². The van der Waals surface area contributed by atoms with E-state index < -0.39 is 5.54 Å². The Labute approximate surface area is 259 Å². The summed E-state index contributed by atoms with van der Waals surface area (Å²) < 4.78 is 4.07. The summed E-state index contributed by atoms with van der Waals surface area (Å²) in [5.41, 5.74) is 7.46. The minimum atomic E-state index is -0.688. The fourth-order valence-corrected chi connectivity index (χ4v) is 6.61. The maximum atomic E-state index is 14.0. The van der Waals surface area contributed by atoms with E-state index in [-0.39, 0.29) is 11.7 Å². The second-order valence-electron chi connectivity index (χ2n) is 11.4. The minimum Gasteiger partial charge on any atom is -0.341 e. The topological polar surface area (TPSA) is 94.7 Å². The molecule has 1 aliphatic heterocycles. The third-order valence-corrected chi connectivity index (χ3v) is 8.86. The SMILES string of the molecule is CC(=O)c1ccc(-c2c3n(c4ccc(C)cc24)C[C@@](NC(=O)c2ccc(-n4cnnc4)cc2Cl)(c2ccccc2)CC3)cn1. The highest BCUT2D eigenvalue weighted by Gasteiger charge is 2.40. The van der Waals surface area contributed by atoms with E-state index in [4.69, 9.17) is 11.6 Å². The first-order valence-electron chi connectivity index (χ1n) is 14.4. The van der Waals surface area contributed by atoms with Crippen LogP contribution in [0.1, 0.15) is 51.0 Å². The highest BCUT2D eigenvalue weighted by Crippen LogP contribution is 2.43. The van der Waals surface area contributed by atoms with E-state index in [0.29, 0.717) is 35.7 Å². The molecular weight excluding hydrogens is 572 g/mol. The van der Waals surface area contributed by atoms with Crippen LogP contribution in [-0.4, -0.2) is 36.0 Å². The van der Waals surface area contributed by atoms with Crippen LogP contribution in [0.15, 0.2) is 97.7 Å². The van der Waals surface area contributed by atoms with Crippen molar-refractivity contribution in [2.24, 2.45) is 0 Å². The van der Waals surface area contributed by atoms with Gasteiger partial charge in [0.05, 0.1) is 22.7 Å². The molecule has 8 nitrogen and oxygen atoms in total. The number of hydrogen-bond donors (Lipinski definition) is 1. The Balaban J connectivity index is 1.32. The van der Waals surface area contributed by atoms with Gasteiger partial charge in [0.25, 0.3) is 5.91 Å². The lowest BCUT2D eigenvalue weighted by Gasteiger charge is -2.40. The van der Waals surface area contributed by atoms with Crippen molar-refractivity contribution in [3.63, 3.8) is 0 Å². The number of ketones is 1. The quantitative estimate of drug-likeness (QED) is 0.214. The number of aromatic nitrogens is 5. The Hall–Kier alpha value is -5.08. The first-order chi connectivity index (χ1) is 21.3. The molecule has 1 atom stereocenters. The van der Waals surface area contributed by atoms with Gasteiger partial charge in [-0.1, -0.05) is 59.6 Å². The number of pyridine rings is 1. The predicted octanol–water partition coefficient (Wildman–Crippen LogP) is 6.72. The lowest BCUT2D eigenvalue weighted by Crippen LogP contribution is -2.51. The average molecular weight is 601 g/mol. The third-order valence-electron chi connectivity index (χ3n) is 8.55. The van der Waals surface area contributed by atoms with Crippen LogP contribution in [0.25, 0.3) is 27.7 Å². The first-order valence-corrected chi connectivity index (χ1v) is 14.8. The van der Waals surface area contributed by atoms with Gasteiger partial charge in [-0.05, 0) is 61.7 Å². The molecule has 1 amide bonds. The highest BCUT2D eigenvalue weighted by atomic mass is 35.5. The van der Waals surface area contributed by atoms with Crippen molar-refractivity contribution in [3.05, 3.63) is 131 Å². The Bertz CT molecular complexity index is 2030. The zero-order valence-corrected chi connectivity index (χ0v) is 25.0. The molecule has 0 fully saturated rings. The number of Topliss-reactive ketones (excluding diaryl/α,β-unsaturated/α-hetero) is 1. The number of aryl methyl sites for hydroxylation is 1. The summed E-state index contributed by atoms with van der Waals surface area (Å²) in [4.78, 5) is 30.3. The monoisotopic (exact) mass is 600 g/mol. The maximum absolute atomic E-state index is 14.0. The Morgan fingerprint density at radius 3 is 2.45 bits per heavy atom. The number of nitrogens with zero attached hydrogens (tertiary/aromatic N) is 5. The molecule has 0 saturated carbocycles. The number of fused-ring (bicyclic) bond motifs is 3. The molecule has 0 saturated heterocycles. The lowest BCUT2D eigenvalue weighted by molar-refractivity contribution is 0.0868. The van der Waals surface area contributed by atoms with Gasteiger partial charge in [-0.15, -0.1) is 10.2 Å². The minimum absolute atomic E-state index is 0.0620. The summed E-state index contributed by atoms with van der Waals surface area (Å²) in [5, 5.41) is 12.6. The van der Waals surface area contributed by atoms with E-state index in [9.17, 15) is 9.59 Å². The number of nitrogens with one attached hydrogen (secondary N) is 1. The number of amides is 1. The van der Waals surface area contributed by atoms with Crippen molar-refractivity contribution in [3.8, 4) is 16.8 Å². The normalized spacial score (nSPS) is 16.1. The fraction of sp³-hybridized carbons (Fsp3) is 0.171. The van der Waals surface area contributed by atoms with Crippen LogP contribution in [0.4, 0.5) is 0 Å². The van der Waals surface area contributed by atoms with Crippen LogP contribution in [0.3, 0.4) is 0 Å². The van der Waals surface area contributed by atoms with Gasteiger partial charge in [-0.25, -0.2) is 0 Å². The summed E-state index contributed by atoms with van der Waals surface area (Å²) >= 11 is 6.68. The molecule has 6 aromatic rings. The number of halogens is 1. The van der Waals surface area contributed by atoms with E-state index in [2.05, 4.69) is 62.3 Å². The van der Waals surface area contributed by atoms with Crippen LogP contribution in [0.2, 0.25) is 5.02 Å². The van der Waals surface area contributed by atoms with Gasteiger partial charge in [0.15, 0.2) is 5.78 Å². The van der Waals surface area contributed by atoms with Gasteiger partial charge in [-0.2, -0.15) is 0 Å². The molecule has 44 heavy (non-hydrogen) atoms. The van der Waals surface area contributed by atoms with Crippen molar-refractivity contribution in [2.45, 2.75) is 38.8 Å². The largest absolute Gasteiger partial charge is 0.341 e. The molecule has 0 spiro atoms. The van der Waals surface area contributed by atoms with Gasteiger partial charge in [0.1, 0.15) is 18.3 Å². The zero-order chi connectivity index (χ0) is 30.4. The maximum Gasteiger partial charge on any atom is 0.253 e. The molecule has 0 aliphatic carbocycles. The summed E-state index contributed by atoms with van der Waals surface area (Å²) in [6, 6.07) is 25.7. The van der Waals surface area contributed by atoms with Crippen LogP contribution in [-0.2, 0) is 18.5 Å².